The number of aromatic nitrogens is 3. The quantitative estimate of drug-likeness (QED) is 0.259. The SMILES string of the molecule is CC1=NN(C(=O)Cn2c3ccccc3c3nc4cc(Cl)ccc4nc32)C(=O)C1=C(C)c1ccc(Cl)cc1. The number of para-hydroxylation sites is 1. The molecule has 0 radical (unpaired) electrons. The number of carbonyl (C=O) groups excluding carboxylic acids is 2. The second kappa shape index (κ2) is 8.80. The molecule has 0 saturated heterocycles. The number of carbonyl (C=O) groups is 2. The summed E-state index contributed by atoms with van der Waals surface area (Å²) < 4.78 is 1.78. The molecule has 3 aromatic carbocycles. The summed E-state index contributed by atoms with van der Waals surface area (Å²) in [6.45, 7) is 3.43. The first-order valence-electron chi connectivity index (χ1n) is 11.6. The summed E-state index contributed by atoms with van der Waals surface area (Å²) in [4.78, 5) is 36.4. The van der Waals surface area contributed by atoms with Gasteiger partial charge in [-0.15, -0.1) is 0 Å². The van der Waals surface area contributed by atoms with Crippen LogP contribution in [0.25, 0.3) is 38.7 Å². The monoisotopic (exact) mass is 527 g/mol. The molecular formula is C28H19Cl2N5O2. The number of allylic oxidation sites excluding steroid dienone is 1. The molecule has 0 fully saturated rings. The molecule has 182 valence electrons. The lowest BCUT2D eigenvalue weighted by Crippen LogP contribution is -2.32. The Labute approximate surface area is 221 Å². The van der Waals surface area contributed by atoms with Crippen molar-refractivity contribution < 1.29 is 9.59 Å². The average molecular weight is 528 g/mol. The van der Waals surface area contributed by atoms with E-state index in [1.165, 1.54) is 0 Å². The zero-order valence-electron chi connectivity index (χ0n) is 19.9. The maximum absolute atomic E-state index is 13.5. The Morgan fingerprint density at radius 2 is 1.65 bits per heavy atom. The van der Waals surface area contributed by atoms with Crippen LogP contribution in [0.5, 0.6) is 0 Å². The van der Waals surface area contributed by atoms with Gasteiger partial charge in [-0.3, -0.25) is 9.59 Å². The number of amides is 2. The van der Waals surface area contributed by atoms with Crippen molar-refractivity contribution in [3.8, 4) is 0 Å². The standard InChI is InChI=1S/C28H19Cl2N5O2/c1-15(17-7-9-18(29)10-8-17)25-16(2)33-35(28(25)37)24(36)14-34-23-6-4-3-5-20(23)26-27(34)32-21-12-11-19(30)13-22(21)31-26/h3-13H,14H2,1-2H3. The molecule has 9 heteroatoms. The van der Waals surface area contributed by atoms with Crippen molar-refractivity contribution in [3.63, 3.8) is 0 Å². The van der Waals surface area contributed by atoms with E-state index in [-0.39, 0.29) is 6.54 Å². The van der Waals surface area contributed by atoms with Crippen LogP contribution in [0.4, 0.5) is 0 Å². The van der Waals surface area contributed by atoms with E-state index in [0.29, 0.717) is 43.5 Å². The van der Waals surface area contributed by atoms with E-state index < -0.39 is 11.8 Å². The second-order valence-corrected chi connectivity index (χ2v) is 9.71. The first-order valence-corrected chi connectivity index (χ1v) is 12.3. The Bertz CT molecular complexity index is 1840. The summed E-state index contributed by atoms with van der Waals surface area (Å²) in [7, 11) is 0. The van der Waals surface area contributed by atoms with E-state index in [1.54, 1.807) is 41.8 Å². The smallest absolute Gasteiger partial charge is 0.283 e. The molecule has 5 aromatic rings. The molecule has 37 heavy (non-hydrogen) atoms. The number of fused-ring (bicyclic) bond motifs is 4. The van der Waals surface area contributed by atoms with E-state index in [0.717, 1.165) is 27.0 Å². The molecule has 6 rings (SSSR count). The Balaban J connectivity index is 1.41. The van der Waals surface area contributed by atoms with Crippen LogP contribution in [0.15, 0.2) is 77.4 Å². The molecule has 0 spiro atoms. The first-order chi connectivity index (χ1) is 17.8. The first kappa shape index (κ1) is 23.3. The van der Waals surface area contributed by atoms with Crippen molar-refractivity contribution in [1.82, 2.24) is 19.5 Å². The van der Waals surface area contributed by atoms with E-state index in [1.807, 2.05) is 43.3 Å². The highest BCUT2D eigenvalue weighted by atomic mass is 35.5. The Morgan fingerprint density at radius 1 is 0.919 bits per heavy atom. The largest absolute Gasteiger partial charge is 0.314 e. The maximum atomic E-state index is 13.5. The van der Waals surface area contributed by atoms with Gasteiger partial charge in [0.2, 0.25) is 0 Å². The lowest BCUT2D eigenvalue weighted by molar-refractivity contribution is -0.141. The Morgan fingerprint density at radius 3 is 2.43 bits per heavy atom. The zero-order chi connectivity index (χ0) is 25.8. The summed E-state index contributed by atoms with van der Waals surface area (Å²) in [6, 6.07) is 20.1. The van der Waals surface area contributed by atoms with Crippen molar-refractivity contribution in [2.45, 2.75) is 20.4 Å². The third kappa shape index (κ3) is 3.87. The van der Waals surface area contributed by atoms with Crippen LogP contribution in [-0.2, 0) is 16.1 Å². The molecule has 0 N–H and O–H groups in total. The number of hydrogen-bond donors (Lipinski definition) is 0. The summed E-state index contributed by atoms with van der Waals surface area (Å²) in [6.07, 6.45) is 0. The average Bonchev–Trinajstić information content (AvgIpc) is 3.35. The molecule has 2 amide bonds. The van der Waals surface area contributed by atoms with E-state index in [2.05, 4.69) is 5.10 Å². The van der Waals surface area contributed by atoms with Crippen molar-refractivity contribution in [3.05, 3.63) is 87.9 Å². The van der Waals surface area contributed by atoms with Gasteiger partial charge < -0.3 is 4.57 Å². The summed E-state index contributed by atoms with van der Waals surface area (Å²) in [5, 5.41) is 7.29. The highest BCUT2D eigenvalue weighted by Gasteiger charge is 2.34. The highest BCUT2D eigenvalue weighted by molar-refractivity contribution is 6.32. The van der Waals surface area contributed by atoms with Crippen molar-refractivity contribution >= 4 is 79.4 Å². The number of nitrogens with zero attached hydrogens (tertiary/aromatic N) is 5. The Hall–Kier alpha value is -4.07. The molecule has 0 aliphatic carbocycles. The van der Waals surface area contributed by atoms with Crippen LogP contribution >= 0.6 is 23.2 Å². The predicted molar refractivity (Wildman–Crippen MR) is 147 cm³/mol. The molecule has 1 aliphatic heterocycles. The number of halogens is 2. The van der Waals surface area contributed by atoms with Crippen molar-refractivity contribution in [2.75, 3.05) is 0 Å². The minimum atomic E-state index is -0.469. The van der Waals surface area contributed by atoms with Gasteiger partial charge in [0.25, 0.3) is 11.8 Å². The molecule has 3 heterocycles. The summed E-state index contributed by atoms with van der Waals surface area (Å²) >= 11 is 12.2. The minimum absolute atomic E-state index is 0.131. The fourth-order valence-corrected chi connectivity index (χ4v) is 5.02. The van der Waals surface area contributed by atoms with Gasteiger partial charge >= 0.3 is 0 Å². The fourth-order valence-electron chi connectivity index (χ4n) is 4.72. The van der Waals surface area contributed by atoms with Gasteiger partial charge in [-0.05, 0) is 61.4 Å². The molecule has 0 saturated carbocycles. The molecule has 7 nitrogen and oxygen atoms in total. The van der Waals surface area contributed by atoms with Crippen molar-refractivity contribution in [2.24, 2.45) is 5.10 Å². The lowest BCUT2D eigenvalue weighted by atomic mass is 9.98. The van der Waals surface area contributed by atoms with Crippen LogP contribution in [0.1, 0.15) is 19.4 Å². The zero-order valence-corrected chi connectivity index (χ0v) is 21.4. The van der Waals surface area contributed by atoms with E-state index in [4.69, 9.17) is 33.2 Å². The second-order valence-electron chi connectivity index (χ2n) is 8.84. The lowest BCUT2D eigenvalue weighted by Gasteiger charge is -2.13. The number of hydrogen-bond acceptors (Lipinski definition) is 5. The highest BCUT2D eigenvalue weighted by Crippen LogP contribution is 2.30. The normalized spacial score (nSPS) is 15.2. The predicted octanol–water partition coefficient (Wildman–Crippen LogP) is 6.26. The molecular weight excluding hydrogens is 509 g/mol. The van der Waals surface area contributed by atoms with Crippen LogP contribution in [0, 0.1) is 0 Å². The van der Waals surface area contributed by atoms with Gasteiger partial charge in [0.05, 0.1) is 27.8 Å². The summed E-state index contributed by atoms with van der Waals surface area (Å²) in [5.41, 5.74) is 5.76. The molecule has 0 bridgehead atoms. The van der Waals surface area contributed by atoms with Crippen molar-refractivity contribution in [1.29, 1.82) is 0 Å². The molecule has 0 atom stereocenters. The maximum Gasteiger partial charge on any atom is 0.283 e. The molecule has 0 unspecified atom stereocenters. The molecule has 1 aliphatic rings. The third-order valence-corrected chi connectivity index (χ3v) is 7.00. The molecule has 2 aromatic heterocycles. The van der Waals surface area contributed by atoms with Crippen LogP contribution in [0.3, 0.4) is 0 Å². The van der Waals surface area contributed by atoms with E-state index >= 15 is 0 Å². The number of benzene rings is 3. The minimum Gasteiger partial charge on any atom is -0.314 e. The van der Waals surface area contributed by atoms with Gasteiger partial charge in [-0.2, -0.15) is 10.1 Å². The Kier molecular flexibility index (Phi) is 5.55. The van der Waals surface area contributed by atoms with Gasteiger partial charge in [0.1, 0.15) is 12.1 Å². The number of rotatable bonds is 3. The summed E-state index contributed by atoms with van der Waals surface area (Å²) in [5.74, 6) is -0.925. The van der Waals surface area contributed by atoms with Gasteiger partial charge in [0.15, 0.2) is 5.65 Å². The van der Waals surface area contributed by atoms with Gasteiger partial charge in [0, 0.05) is 15.4 Å². The van der Waals surface area contributed by atoms with Crippen LogP contribution in [-0.4, -0.2) is 37.1 Å². The fraction of sp³-hybridized carbons (Fsp3) is 0.107. The third-order valence-electron chi connectivity index (χ3n) is 6.51. The van der Waals surface area contributed by atoms with E-state index in [9.17, 15) is 9.59 Å². The number of hydrazone groups is 1. The van der Waals surface area contributed by atoms with Crippen LogP contribution in [0.2, 0.25) is 10.0 Å². The van der Waals surface area contributed by atoms with Gasteiger partial charge in [-0.25, -0.2) is 9.97 Å². The topological polar surface area (TPSA) is 80.5 Å². The van der Waals surface area contributed by atoms with Gasteiger partial charge in [-0.1, -0.05) is 53.5 Å². The van der Waals surface area contributed by atoms with Crippen LogP contribution < -0.4 is 0 Å². The number of imide groups is 1.